The Labute approximate surface area is 179 Å². The molecule has 2 aliphatic rings. The van der Waals surface area contributed by atoms with Gasteiger partial charge in [-0.05, 0) is 43.1 Å². The molecule has 2 aromatic rings. The Bertz CT molecular complexity index is 950. The SMILES string of the molecule is O=S(=O)(NCC1CCN(CCOc2cccc3c2OCCO3)C1)c1ccc(Cl)s1. The van der Waals surface area contributed by atoms with Gasteiger partial charge in [0.05, 0.1) is 4.34 Å². The second-order valence-corrected chi connectivity index (χ2v) is 10.7. The Morgan fingerprint density at radius 2 is 2.10 bits per heavy atom. The number of benzene rings is 1. The van der Waals surface area contributed by atoms with Crippen molar-refractivity contribution in [3.8, 4) is 17.2 Å². The minimum atomic E-state index is -3.49. The fourth-order valence-electron chi connectivity index (χ4n) is 3.47. The summed E-state index contributed by atoms with van der Waals surface area (Å²) in [6.45, 7) is 4.56. The zero-order valence-electron chi connectivity index (χ0n) is 15.8. The van der Waals surface area contributed by atoms with Crippen molar-refractivity contribution in [2.24, 2.45) is 5.92 Å². The van der Waals surface area contributed by atoms with Gasteiger partial charge in [-0.2, -0.15) is 0 Å². The fourth-order valence-corrected chi connectivity index (χ4v) is 6.11. The topological polar surface area (TPSA) is 77.1 Å². The van der Waals surface area contributed by atoms with Crippen LogP contribution in [-0.2, 0) is 10.0 Å². The first-order valence-corrected chi connectivity index (χ1v) is 12.2. The monoisotopic (exact) mass is 458 g/mol. The maximum absolute atomic E-state index is 12.3. The molecule has 10 heteroatoms. The molecule has 1 aromatic carbocycles. The summed E-state index contributed by atoms with van der Waals surface area (Å²) in [5.41, 5.74) is 0. The predicted octanol–water partition coefficient (Wildman–Crippen LogP) is 2.85. The second kappa shape index (κ2) is 9.09. The maximum Gasteiger partial charge on any atom is 0.250 e. The van der Waals surface area contributed by atoms with Crippen molar-refractivity contribution in [1.82, 2.24) is 9.62 Å². The third-order valence-corrected chi connectivity index (χ3v) is 8.09. The van der Waals surface area contributed by atoms with Gasteiger partial charge < -0.3 is 14.2 Å². The quantitative estimate of drug-likeness (QED) is 0.655. The van der Waals surface area contributed by atoms with E-state index in [1.54, 1.807) is 6.07 Å². The van der Waals surface area contributed by atoms with Gasteiger partial charge in [-0.3, -0.25) is 4.90 Å². The molecule has 0 bridgehead atoms. The highest BCUT2D eigenvalue weighted by molar-refractivity contribution is 7.91. The molecule has 3 heterocycles. The van der Waals surface area contributed by atoms with E-state index in [9.17, 15) is 8.42 Å². The minimum Gasteiger partial charge on any atom is -0.488 e. The number of nitrogens with zero attached hydrogens (tertiary/aromatic N) is 1. The van der Waals surface area contributed by atoms with E-state index in [1.165, 1.54) is 6.07 Å². The van der Waals surface area contributed by atoms with Crippen LogP contribution in [0.3, 0.4) is 0 Å². The average Bonchev–Trinajstić information content (AvgIpc) is 3.36. The van der Waals surface area contributed by atoms with Gasteiger partial charge >= 0.3 is 0 Å². The molecule has 4 rings (SSSR count). The van der Waals surface area contributed by atoms with Crippen LogP contribution in [0.1, 0.15) is 6.42 Å². The molecule has 2 aliphatic heterocycles. The van der Waals surface area contributed by atoms with Crippen molar-refractivity contribution < 1.29 is 22.6 Å². The summed E-state index contributed by atoms with van der Waals surface area (Å²) < 4.78 is 45.2. The Kier molecular flexibility index (Phi) is 6.50. The van der Waals surface area contributed by atoms with Gasteiger partial charge in [-0.1, -0.05) is 17.7 Å². The highest BCUT2D eigenvalue weighted by atomic mass is 35.5. The summed E-state index contributed by atoms with van der Waals surface area (Å²) in [6.07, 6.45) is 0.950. The summed E-state index contributed by atoms with van der Waals surface area (Å²) in [4.78, 5) is 2.29. The summed E-state index contributed by atoms with van der Waals surface area (Å²) in [5, 5.41) is 0. The smallest absolute Gasteiger partial charge is 0.250 e. The van der Waals surface area contributed by atoms with Crippen molar-refractivity contribution in [1.29, 1.82) is 0 Å². The molecule has 0 saturated carbocycles. The highest BCUT2D eigenvalue weighted by Crippen LogP contribution is 2.38. The first-order valence-electron chi connectivity index (χ1n) is 9.50. The first kappa shape index (κ1) is 20.7. The molecule has 1 fully saturated rings. The molecule has 0 radical (unpaired) electrons. The molecule has 1 aromatic heterocycles. The zero-order valence-corrected chi connectivity index (χ0v) is 18.2. The first-order chi connectivity index (χ1) is 14.0. The van der Waals surface area contributed by atoms with Crippen LogP contribution in [0.2, 0.25) is 4.34 Å². The molecule has 158 valence electrons. The largest absolute Gasteiger partial charge is 0.488 e. The van der Waals surface area contributed by atoms with Gasteiger partial charge in [0.1, 0.15) is 24.0 Å². The van der Waals surface area contributed by atoms with Crippen LogP contribution in [0.15, 0.2) is 34.5 Å². The molecule has 1 atom stereocenters. The van der Waals surface area contributed by atoms with Crippen molar-refractivity contribution in [3.05, 3.63) is 34.7 Å². The van der Waals surface area contributed by atoms with E-state index in [0.29, 0.717) is 48.0 Å². The van der Waals surface area contributed by atoms with Crippen molar-refractivity contribution in [3.63, 3.8) is 0 Å². The molecule has 7 nitrogen and oxygen atoms in total. The minimum absolute atomic E-state index is 0.253. The van der Waals surface area contributed by atoms with Gasteiger partial charge in [0, 0.05) is 19.6 Å². The normalized spacial score (nSPS) is 19.4. The Morgan fingerprint density at radius 3 is 2.93 bits per heavy atom. The lowest BCUT2D eigenvalue weighted by Gasteiger charge is -2.22. The van der Waals surface area contributed by atoms with Gasteiger partial charge in [0.2, 0.25) is 15.8 Å². The Hall–Kier alpha value is -1.52. The third kappa shape index (κ3) is 5.16. The molecule has 0 aliphatic carbocycles. The van der Waals surface area contributed by atoms with Crippen molar-refractivity contribution in [2.75, 3.05) is 46.0 Å². The molecule has 1 N–H and O–H groups in total. The van der Waals surface area contributed by atoms with Crippen LogP contribution in [0.4, 0.5) is 0 Å². The number of hydrogen-bond acceptors (Lipinski definition) is 7. The molecule has 29 heavy (non-hydrogen) atoms. The van der Waals surface area contributed by atoms with Crippen LogP contribution >= 0.6 is 22.9 Å². The number of sulfonamides is 1. The van der Waals surface area contributed by atoms with Crippen LogP contribution in [0.5, 0.6) is 17.2 Å². The van der Waals surface area contributed by atoms with E-state index in [4.69, 9.17) is 25.8 Å². The van der Waals surface area contributed by atoms with Crippen molar-refractivity contribution in [2.45, 2.75) is 10.6 Å². The zero-order chi connectivity index (χ0) is 20.3. The predicted molar refractivity (Wildman–Crippen MR) is 112 cm³/mol. The molecule has 1 saturated heterocycles. The number of fused-ring (bicyclic) bond motifs is 1. The van der Waals surface area contributed by atoms with E-state index in [2.05, 4.69) is 9.62 Å². The summed E-state index contributed by atoms with van der Waals surface area (Å²) in [5.74, 6) is 2.36. The van der Waals surface area contributed by atoms with E-state index in [1.807, 2.05) is 18.2 Å². The van der Waals surface area contributed by atoms with Crippen LogP contribution in [-0.4, -0.2) is 59.3 Å². The fraction of sp³-hybridized carbons (Fsp3) is 0.474. The Balaban J connectivity index is 1.22. The molecular formula is C19H23ClN2O5S2. The lowest BCUT2D eigenvalue weighted by Crippen LogP contribution is -2.31. The average molecular weight is 459 g/mol. The molecule has 0 amide bonds. The number of hydrogen-bond donors (Lipinski definition) is 1. The number of halogens is 1. The summed E-state index contributed by atoms with van der Waals surface area (Å²) in [6, 6.07) is 8.77. The third-order valence-electron chi connectivity index (χ3n) is 4.94. The van der Waals surface area contributed by atoms with Crippen molar-refractivity contribution >= 4 is 33.0 Å². The number of nitrogens with one attached hydrogen (secondary N) is 1. The van der Waals surface area contributed by atoms with E-state index >= 15 is 0 Å². The van der Waals surface area contributed by atoms with Gasteiger partial charge in [0.25, 0.3) is 0 Å². The lowest BCUT2D eigenvalue weighted by molar-refractivity contribution is 0.158. The number of thiophene rings is 1. The van der Waals surface area contributed by atoms with E-state index in [0.717, 1.165) is 37.4 Å². The van der Waals surface area contributed by atoms with Crippen LogP contribution < -0.4 is 18.9 Å². The number of rotatable bonds is 8. The molecular weight excluding hydrogens is 436 g/mol. The summed E-state index contributed by atoms with van der Waals surface area (Å²) >= 11 is 6.90. The molecule has 1 unspecified atom stereocenters. The number of para-hydroxylation sites is 1. The van der Waals surface area contributed by atoms with E-state index < -0.39 is 10.0 Å². The number of ether oxygens (including phenoxy) is 3. The van der Waals surface area contributed by atoms with Gasteiger partial charge in [-0.15, -0.1) is 11.3 Å². The highest BCUT2D eigenvalue weighted by Gasteiger charge is 2.25. The van der Waals surface area contributed by atoms with Gasteiger partial charge in [-0.25, -0.2) is 13.1 Å². The van der Waals surface area contributed by atoms with Gasteiger partial charge in [0.15, 0.2) is 11.5 Å². The molecule has 0 spiro atoms. The van der Waals surface area contributed by atoms with Crippen LogP contribution in [0.25, 0.3) is 0 Å². The standard InChI is InChI=1S/C19H23ClN2O5S2/c20-17-4-5-18(28-17)29(23,24)21-12-14-6-7-22(13-14)8-9-25-15-2-1-3-16-19(15)27-11-10-26-16/h1-5,14,21H,6-13H2. The lowest BCUT2D eigenvalue weighted by atomic mass is 10.1. The van der Waals surface area contributed by atoms with Crippen LogP contribution in [0, 0.1) is 5.92 Å². The number of likely N-dealkylation sites (tertiary alicyclic amines) is 1. The maximum atomic E-state index is 12.3. The van der Waals surface area contributed by atoms with E-state index in [-0.39, 0.29) is 10.1 Å². The summed E-state index contributed by atoms with van der Waals surface area (Å²) in [7, 11) is -3.49. The second-order valence-electron chi connectivity index (χ2n) is 6.99. The Morgan fingerprint density at radius 1 is 1.24 bits per heavy atom.